The first kappa shape index (κ1) is 9.92. The van der Waals surface area contributed by atoms with Gasteiger partial charge in [0.25, 0.3) is 5.69 Å². The maximum absolute atomic E-state index is 10.8. The minimum absolute atomic E-state index is 0.144. The van der Waals surface area contributed by atoms with E-state index in [4.69, 9.17) is 5.73 Å². The van der Waals surface area contributed by atoms with E-state index in [1.54, 1.807) is 12.1 Å². The van der Waals surface area contributed by atoms with Crippen LogP contribution in [0.4, 0.5) is 11.4 Å². The predicted octanol–water partition coefficient (Wildman–Crippen LogP) is 1.05. The molecule has 2 N–H and O–H groups in total. The van der Waals surface area contributed by atoms with Crippen LogP contribution in [0.3, 0.4) is 0 Å². The molecule has 0 saturated carbocycles. The van der Waals surface area contributed by atoms with Crippen LogP contribution in [0, 0.1) is 17.0 Å². The minimum atomic E-state index is -0.349. The van der Waals surface area contributed by atoms with E-state index in [1.807, 2.05) is 17.9 Å². The number of rotatable bonds is 2. The van der Waals surface area contributed by atoms with Gasteiger partial charge in [-0.1, -0.05) is 6.07 Å². The highest BCUT2D eigenvalue weighted by atomic mass is 16.6. The van der Waals surface area contributed by atoms with Crippen molar-refractivity contribution in [3.05, 3.63) is 33.9 Å². The number of anilines is 1. The molecular formula is C10H13N3O2. The van der Waals surface area contributed by atoms with E-state index in [9.17, 15) is 10.1 Å². The molecule has 0 amide bonds. The van der Waals surface area contributed by atoms with Crippen LogP contribution in [0.25, 0.3) is 0 Å². The Morgan fingerprint density at radius 2 is 2.20 bits per heavy atom. The Morgan fingerprint density at radius 1 is 1.53 bits per heavy atom. The second-order valence-electron chi connectivity index (χ2n) is 3.91. The second kappa shape index (κ2) is 3.51. The summed E-state index contributed by atoms with van der Waals surface area (Å²) in [6, 6.07) is 5.28. The molecule has 5 heteroatoms. The normalized spacial score (nSPS) is 16.3. The SMILES string of the molecule is Cc1ccc([N+](=O)[O-])c(N2CC(N)C2)c1. The molecule has 1 heterocycles. The van der Waals surface area contributed by atoms with Crippen LogP contribution in [0.15, 0.2) is 18.2 Å². The third-order valence-corrected chi connectivity index (χ3v) is 2.58. The number of aryl methyl sites for hydroxylation is 1. The van der Waals surface area contributed by atoms with Crippen LogP contribution in [-0.4, -0.2) is 24.1 Å². The van der Waals surface area contributed by atoms with Gasteiger partial charge in [-0.25, -0.2) is 0 Å². The van der Waals surface area contributed by atoms with Gasteiger partial charge < -0.3 is 10.6 Å². The van der Waals surface area contributed by atoms with Crippen LogP contribution in [0.5, 0.6) is 0 Å². The van der Waals surface area contributed by atoms with Crippen molar-refractivity contribution in [2.24, 2.45) is 5.73 Å². The van der Waals surface area contributed by atoms with Gasteiger partial charge >= 0.3 is 0 Å². The molecule has 80 valence electrons. The molecule has 1 aliphatic heterocycles. The monoisotopic (exact) mass is 207 g/mol. The van der Waals surface area contributed by atoms with Crippen LogP contribution in [0.1, 0.15) is 5.56 Å². The van der Waals surface area contributed by atoms with Crippen molar-refractivity contribution in [1.29, 1.82) is 0 Å². The Hall–Kier alpha value is -1.62. The first-order valence-corrected chi connectivity index (χ1v) is 4.83. The summed E-state index contributed by atoms with van der Waals surface area (Å²) >= 11 is 0. The second-order valence-corrected chi connectivity index (χ2v) is 3.91. The molecule has 1 aliphatic rings. The maximum atomic E-state index is 10.8. The van der Waals surface area contributed by atoms with Crippen molar-refractivity contribution in [2.45, 2.75) is 13.0 Å². The number of nitro groups is 1. The van der Waals surface area contributed by atoms with Crippen molar-refractivity contribution in [3.8, 4) is 0 Å². The molecule has 1 fully saturated rings. The van der Waals surface area contributed by atoms with E-state index < -0.39 is 0 Å². The topological polar surface area (TPSA) is 72.4 Å². The summed E-state index contributed by atoms with van der Waals surface area (Å²) in [6.45, 7) is 3.32. The van der Waals surface area contributed by atoms with E-state index in [0.29, 0.717) is 18.8 Å². The summed E-state index contributed by atoms with van der Waals surface area (Å²) in [6.07, 6.45) is 0. The zero-order valence-corrected chi connectivity index (χ0v) is 8.51. The van der Waals surface area contributed by atoms with Crippen molar-refractivity contribution in [3.63, 3.8) is 0 Å². The Kier molecular flexibility index (Phi) is 2.32. The number of hydrogen-bond acceptors (Lipinski definition) is 4. The maximum Gasteiger partial charge on any atom is 0.292 e. The molecule has 0 spiro atoms. The predicted molar refractivity (Wildman–Crippen MR) is 58.0 cm³/mol. The zero-order valence-electron chi connectivity index (χ0n) is 8.51. The average Bonchev–Trinajstić information content (AvgIpc) is 2.12. The molecule has 0 unspecified atom stereocenters. The molecule has 15 heavy (non-hydrogen) atoms. The molecule has 0 aromatic heterocycles. The highest BCUT2D eigenvalue weighted by Crippen LogP contribution is 2.31. The van der Waals surface area contributed by atoms with Crippen molar-refractivity contribution in [1.82, 2.24) is 0 Å². The molecule has 0 atom stereocenters. The molecule has 1 saturated heterocycles. The van der Waals surface area contributed by atoms with Gasteiger partial charge in [0.15, 0.2) is 0 Å². The smallest absolute Gasteiger partial charge is 0.292 e. The lowest BCUT2D eigenvalue weighted by molar-refractivity contribution is -0.384. The summed E-state index contributed by atoms with van der Waals surface area (Å²) in [7, 11) is 0. The van der Waals surface area contributed by atoms with Crippen LogP contribution < -0.4 is 10.6 Å². The third kappa shape index (κ3) is 1.78. The number of nitrogens with two attached hydrogens (primary N) is 1. The number of nitrogens with zero attached hydrogens (tertiary/aromatic N) is 2. The molecule has 1 aromatic carbocycles. The van der Waals surface area contributed by atoms with Gasteiger partial charge in [0.2, 0.25) is 0 Å². The Labute approximate surface area is 87.6 Å². The molecule has 0 aliphatic carbocycles. The number of nitro benzene ring substituents is 1. The van der Waals surface area contributed by atoms with E-state index in [-0.39, 0.29) is 16.7 Å². The summed E-state index contributed by atoms with van der Waals surface area (Å²) in [5.41, 5.74) is 7.52. The molecule has 0 radical (unpaired) electrons. The molecule has 0 bridgehead atoms. The van der Waals surface area contributed by atoms with Crippen molar-refractivity contribution >= 4 is 11.4 Å². The summed E-state index contributed by atoms with van der Waals surface area (Å²) < 4.78 is 0. The fraction of sp³-hybridized carbons (Fsp3) is 0.400. The van der Waals surface area contributed by atoms with E-state index >= 15 is 0 Å². The van der Waals surface area contributed by atoms with Crippen LogP contribution >= 0.6 is 0 Å². The summed E-state index contributed by atoms with van der Waals surface area (Å²) in [5, 5.41) is 10.8. The lowest BCUT2D eigenvalue weighted by atomic mass is 10.1. The number of hydrogen-bond donors (Lipinski definition) is 1. The standard InChI is InChI=1S/C10H13N3O2/c1-7-2-3-9(13(14)15)10(4-7)12-5-8(11)6-12/h2-4,8H,5-6,11H2,1H3. The lowest BCUT2D eigenvalue weighted by Gasteiger charge is -2.38. The fourth-order valence-corrected chi connectivity index (χ4v) is 1.75. The first-order chi connectivity index (χ1) is 7.08. The van der Waals surface area contributed by atoms with Gasteiger partial charge in [0.1, 0.15) is 5.69 Å². The lowest BCUT2D eigenvalue weighted by Crippen LogP contribution is -2.56. The van der Waals surface area contributed by atoms with E-state index in [2.05, 4.69) is 0 Å². The Bertz CT molecular complexity index is 400. The van der Waals surface area contributed by atoms with Gasteiger partial charge in [-0.05, 0) is 18.6 Å². The van der Waals surface area contributed by atoms with Gasteiger partial charge in [0, 0.05) is 25.2 Å². The molecule has 2 rings (SSSR count). The Balaban J connectivity index is 2.35. The zero-order chi connectivity index (χ0) is 11.0. The molecular weight excluding hydrogens is 194 g/mol. The first-order valence-electron chi connectivity index (χ1n) is 4.83. The van der Waals surface area contributed by atoms with Crippen molar-refractivity contribution < 1.29 is 4.92 Å². The van der Waals surface area contributed by atoms with Crippen LogP contribution in [0.2, 0.25) is 0 Å². The fourth-order valence-electron chi connectivity index (χ4n) is 1.75. The minimum Gasteiger partial charge on any atom is -0.363 e. The summed E-state index contributed by atoms with van der Waals surface area (Å²) in [4.78, 5) is 12.4. The molecule has 5 nitrogen and oxygen atoms in total. The average molecular weight is 207 g/mol. The van der Waals surface area contributed by atoms with E-state index in [0.717, 1.165) is 5.56 Å². The largest absolute Gasteiger partial charge is 0.363 e. The summed E-state index contributed by atoms with van der Waals surface area (Å²) in [5.74, 6) is 0. The van der Waals surface area contributed by atoms with Gasteiger partial charge in [-0.2, -0.15) is 0 Å². The van der Waals surface area contributed by atoms with Crippen molar-refractivity contribution in [2.75, 3.05) is 18.0 Å². The van der Waals surface area contributed by atoms with Gasteiger partial charge in [-0.3, -0.25) is 10.1 Å². The quantitative estimate of drug-likeness (QED) is 0.581. The Morgan fingerprint density at radius 3 is 2.73 bits per heavy atom. The highest BCUT2D eigenvalue weighted by molar-refractivity contribution is 5.66. The highest BCUT2D eigenvalue weighted by Gasteiger charge is 2.28. The number of benzene rings is 1. The van der Waals surface area contributed by atoms with Gasteiger partial charge in [0.05, 0.1) is 4.92 Å². The van der Waals surface area contributed by atoms with E-state index in [1.165, 1.54) is 0 Å². The van der Waals surface area contributed by atoms with Gasteiger partial charge in [-0.15, -0.1) is 0 Å². The van der Waals surface area contributed by atoms with Crippen LogP contribution in [-0.2, 0) is 0 Å². The third-order valence-electron chi connectivity index (χ3n) is 2.58. The molecule has 1 aromatic rings.